The molecule has 2 aliphatic carbocycles. The Labute approximate surface area is 317 Å². The fourth-order valence-electron chi connectivity index (χ4n) is 7.00. The summed E-state index contributed by atoms with van der Waals surface area (Å²) in [6, 6.07) is 8.08. The van der Waals surface area contributed by atoms with Crippen LogP contribution in [0.15, 0.2) is 59.1 Å². The van der Waals surface area contributed by atoms with Gasteiger partial charge in [-0.15, -0.1) is 0 Å². The third kappa shape index (κ3) is 7.93. The predicted octanol–water partition coefficient (Wildman–Crippen LogP) is 6.30. The summed E-state index contributed by atoms with van der Waals surface area (Å²) in [7, 11) is -4.01. The molecule has 0 bridgehead atoms. The number of rotatable bonds is 7. The summed E-state index contributed by atoms with van der Waals surface area (Å²) < 4.78 is 76.1. The molecule has 3 aromatic rings. The highest BCUT2D eigenvalue weighted by molar-refractivity contribution is 9.10. The van der Waals surface area contributed by atoms with E-state index in [4.69, 9.17) is 4.74 Å². The number of carbonyl (C=O) groups is 3. The second-order valence-electron chi connectivity index (χ2n) is 14.6. The van der Waals surface area contributed by atoms with Crippen LogP contribution in [0.3, 0.4) is 0 Å². The van der Waals surface area contributed by atoms with Gasteiger partial charge in [0.15, 0.2) is 0 Å². The van der Waals surface area contributed by atoms with Crippen LogP contribution in [0.2, 0.25) is 0 Å². The summed E-state index contributed by atoms with van der Waals surface area (Å²) in [5, 5.41) is 6.19. The lowest BCUT2D eigenvalue weighted by molar-refractivity contribution is -0.140. The summed E-state index contributed by atoms with van der Waals surface area (Å²) in [6.07, 6.45) is 2.47. The number of hydrogen-bond acceptors (Lipinski definition) is 9. The van der Waals surface area contributed by atoms with E-state index in [0.29, 0.717) is 42.8 Å². The van der Waals surface area contributed by atoms with Crippen LogP contribution in [0, 0.1) is 5.92 Å². The minimum Gasteiger partial charge on any atom is -0.465 e. The first kappa shape index (κ1) is 37.6. The van der Waals surface area contributed by atoms with Crippen LogP contribution in [0.25, 0.3) is 10.2 Å². The average molecular weight is 839 g/mol. The Balaban J connectivity index is 1.19. The minimum atomic E-state index is -4.59. The number of hydrogen-bond donors (Lipinski definition) is 3. The summed E-state index contributed by atoms with van der Waals surface area (Å²) in [4.78, 5) is 48.5. The van der Waals surface area contributed by atoms with Crippen molar-refractivity contribution >= 4 is 70.9 Å². The summed E-state index contributed by atoms with van der Waals surface area (Å²) in [5.41, 5.74) is -1.60. The van der Waals surface area contributed by atoms with Crippen LogP contribution in [0.1, 0.15) is 70.3 Å². The number of thiazole rings is 1. The standard InChI is InChI=1S/C36H39BrF3N5O6S2/c1-34(14-15-34)53(49,50)44-32(48)35-19-22(35)8-5-3-2-4-6-11-27(41-24-10-7-9-21(16-24)36(38,39)40)31(47)45-20-25(18-28(45)30(46)43-35)51-33-42-26-13-12-23(37)17-29(26)52-33/h5,7-10,12-13,16-17,22,25,27-28,41H,2-4,6,11,14-15,18-20H2,1H3,(H,43,46)(H,44,48)/b8-5-/t22-,25-,27+,28+,35-/m1/s1. The molecule has 7 rings (SSSR count). The SMILES string of the molecule is CC1(S(=O)(=O)NC(=O)[C@@]23C[C@H]2/C=C\CCCCC[C@H](Nc2cccc(C(F)(F)F)c2)C(=O)N2C[C@H](Oc4nc5ccc(Br)cc5s4)C[C@H]2C(=O)N3)CC1. The van der Waals surface area contributed by atoms with Crippen LogP contribution in [0.4, 0.5) is 18.9 Å². The number of aromatic nitrogens is 1. The summed E-state index contributed by atoms with van der Waals surface area (Å²) in [6.45, 7) is 1.53. The molecular weight excluding hydrogens is 799 g/mol. The van der Waals surface area contributed by atoms with E-state index in [9.17, 15) is 36.0 Å². The van der Waals surface area contributed by atoms with E-state index < -0.39 is 73.9 Å². The Hall–Kier alpha value is -3.70. The number of nitrogens with zero attached hydrogens (tertiary/aromatic N) is 2. The molecule has 2 saturated carbocycles. The molecule has 0 radical (unpaired) electrons. The van der Waals surface area contributed by atoms with E-state index in [0.717, 1.165) is 27.7 Å². The number of fused-ring (bicyclic) bond motifs is 3. The van der Waals surface area contributed by atoms with Gasteiger partial charge in [-0.1, -0.05) is 58.3 Å². The minimum absolute atomic E-state index is 0.0298. The van der Waals surface area contributed by atoms with Crippen molar-refractivity contribution in [2.75, 3.05) is 11.9 Å². The van der Waals surface area contributed by atoms with E-state index >= 15 is 0 Å². The van der Waals surface area contributed by atoms with Gasteiger partial charge >= 0.3 is 6.18 Å². The second-order valence-corrected chi connectivity index (χ2v) is 18.7. The molecule has 3 amide bonds. The first-order chi connectivity index (χ1) is 25.1. The van der Waals surface area contributed by atoms with E-state index in [-0.39, 0.29) is 31.5 Å². The average Bonchev–Trinajstić information content (AvgIpc) is 3.91. The molecule has 3 heterocycles. The monoisotopic (exact) mass is 837 g/mol. The predicted molar refractivity (Wildman–Crippen MR) is 197 cm³/mol. The fraction of sp³-hybridized carbons (Fsp3) is 0.500. The molecule has 0 spiro atoms. The molecule has 53 heavy (non-hydrogen) atoms. The van der Waals surface area contributed by atoms with Crippen molar-refractivity contribution < 1.29 is 40.7 Å². The number of allylic oxidation sites excluding steroid dienone is 1. The maximum atomic E-state index is 14.5. The molecule has 3 fully saturated rings. The fourth-order valence-corrected chi connectivity index (χ4v) is 9.75. The van der Waals surface area contributed by atoms with E-state index in [1.54, 1.807) is 6.92 Å². The van der Waals surface area contributed by atoms with Crippen molar-refractivity contribution in [2.24, 2.45) is 5.92 Å². The van der Waals surface area contributed by atoms with Gasteiger partial charge in [-0.3, -0.25) is 19.1 Å². The maximum absolute atomic E-state index is 14.5. The number of ether oxygens (including phenoxy) is 1. The van der Waals surface area contributed by atoms with Crippen molar-refractivity contribution in [3.8, 4) is 5.19 Å². The summed E-state index contributed by atoms with van der Waals surface area (Å²) >= 11 is 4.75. The number of halogens is 4. The molecule has 284 valence electrons. The Kier molecular flexibility index (Phi) is 10.1. The van der Waals surface area contributed by atoms with Crippen molar-refractivity contribution in [1.82, 2.24) is 19.9 Å². The van der Waals surface area contributed by atoms with Gasteiger partial charge in [0.2, 0.25) is 21.8 Å². The van der Waals surface area contributed by atoms with Gasteiger partial charge in [0.05, 0.1) is 27.1 Å². The number of alkyl halides is 3. The third-order valence-electron chi connectivity index (χ3n) is 10.6. The second kappa shape index (κ2) is 14.2. The number of anilines is 1. The van der Waals surface area contributed by atoms with Crippen LogP contribution in [0.5, 0.6) is 5.19 Å². The van der Waals surface area contributed by atoms with Gasteiger partial charge in [0.1, 0.15) is 23.7 Å². The molecule has 1 saturated heterocycles. The van der Waals surface area contributed by atoms with Crippen molar-refractivity contribution in [3.63, 3.8) is 0 Å². The molecule has 2 aromatic carbocycles. The zero-order chi connectivity index (χ0) is 37.8. The number of carbonyl (C=O) groups excluding carboxylic acids is 3. The van der Waals surface area contributed by atoms with Gasteiger partial charge in [0.25, 0.3) is 11.1 Å². The highest BCUT2D eigenvalue weighted by Crippen LogP contribution is 2.47. The van der Waals surface area contributed by atoms with Gasteiger partial charge < -0.3 is 20.3 Å². The molecular formula is C36H39BrF3N5O6S2. The van der Waals surface area contributed by atoms with Crippen LogP contribution >= 0.6 is 27.3 Å². The zero-order valence-corrected chi connectivity index (χ0v) is 32.0. The van der Waals surface area contributed by atoms with Crippen molar-refractivity contribution in [3.05, 3.63) is 64.7 Å². The lowest BCUT2D eigenvalue weighted by Crippen LogP contribution is -2.58. The third-order valence-corrected chi connectivity index (χ3v) is 14.2. The number of amides is 3. The van der Waals surface area contributed by atoms with E-state index in [1.165, 1.54) is 28.4 Å². The van der Waals surface area contributed by atoms with Crippen molar-refractivity contribution in [1.29, 1.82) is 0 Å². The molecule has 4 aliphatic rings. The molecule has 0 unspecified atom stereocenters. The van der Waals surface area contributed by atoms with Crippen LogP contribution < -0.4 is 20.1 Å². The van der Waals surface area contributed by atoms with E-state index in [2.05, 4.69) is 36.3 Å². The number of nitrogens with one attached hydrogen (secondary N) is 3. The molecule has 11 nitrogen and oxygen atoms in total. The Morgan fingerprint density at radius 2 is 1.92 bits per heavy atom. The number of benzene rings is 2. The van der Waals surface area contributed by atoms with Crippen LogP contribution in [-0.2, 0) is 30.6 Å². The Bertz CT molecular complexity index is 2070. The maximum Gasteiger partial charge on any atom is 0.416 e. The highest BCUT2D eigenvalue weighted by Gasteiger charge is 2.63. The largest absolute Gasteiger partial charge is 0.465 e. The van der Waals surface area contributed by atoms with Gasteiger partial charge in [-0.05, 0) is 81.8 Å². The zero-order valence-electron chi connectivity index (χ0n) is 28.7. The first-order valence-corrected chi connectivity index (χ1v) is 20.7. The van der Waals surface area contributed by atoms with Gasteiger partial charge in [-0.2, -0.15) is 13.2 Å². The van der Waals surface area contributed by atoms with Gasteiger partial charge in [-0.25, -0.2) is 13.4 Å². The first-order valence-electron chi connectivity index (χ1n) is 17.6. The molecule has 17 heteroatoms. The summed E-state index contributed by atoms with van der Waals surface area (Å²) in [5.74, 6) is -2.46. The molecule has 1 aromatic heterocycles. The number of sulfonamides is 1. The smallest absolute Gasteiger partial charge is 0.416 e. The quantitative estimate of drug-likeness (QED) is 0.235. The lowest BCUT2D eigenvalue weighted by Gasteiger charge is -2.30. The van der Waals surface area contributed by atoms with Crippen molar-refractivity contribution in [2.45, 2.75) is 99.4 Å². The topological polar surface area (TPSA) is 147 Å². The van der Waals surface area contributed by atoms with Crippen LogP contribution in [-0.4, -0.2) is 71.0 Å². The Morgan fingerprint density at radius 3 is 2.68 bits per heavy atom. The van der Waals surface area contributed by atoms with E-state index in [1.807, 2.05) is 30.4 Å². The molecule has 5 atom stereocenters. The molecule has 3 N–H and O–H groups in total. The lowest BCUT2D eigenvalue weighted by atomic mass is 10.0. The van der Waals surface area contributed by atoms with Gasteiger partial charge in [0, 0.05) is 22.5 Å². The highest BCUT2D eigenvalue weighted by atomic mass is 79.9. The Morgan fingerprint density at radius 1 is 1.13 bits per heavy atom. The molecule has 2 aliphatic heterocycles. The normalized spacial score (nSPS) is 28.1.